The summed E-state index contributed by atoms with van der Waals surface area (Å²) in [6, 6.07) is 8.39. The van der Waals surface area contributed by atoms with Crippen LogP contribution in [0.1, 0.15) is 56.0 Å². The predicted octanol–water partition coefficient (Wildman–Crippen LogP) is 4.44. The van der Waals surface area contributed by atoms with Gasteiger partial charge in [0.15, 0.2) is 0 Å². The van der Waals surface area contributed by atoms with Gasteiger partial charge in [0.05, 0.1) is 5.69 Å². The molecular weight excluding hydrogens is 282 g/mol. The number of hydrogen-bond acceptors (Lipinski definition) is 2. The van der Waals surface area contributed by atoms with Gasteiger partial charge in [-0.15, -0.1) is 0 Å². The molecule has 0 aliphatic heterocycles. The Morgan fingerprint density at radius 2 is 2.10 bits per heavy atom. The minimum absolute atomic E-state index is 0.309. The fraction of sp³-hybridized carbons (Fsp3) is 0.471. The molecule has 0 radical (unpaired) electrons. The molecule has 1 aromatic carbocycles. The van der Waals surface area contributed by atoms with Crippen molar-refractivity contribution in [2.45, 2.75) is 45.7 Å². The van der Waals surface area contributed by atoms with E-state index in [2.05, 4.69) is 43.4 Å². The molecule has 0 spiro atoms. The first-order valence-corrected chi connectivity index (χ1v) is 7.90. The summed E-state index contributed by atoms with van der Waals surface area (Å²) in [7, 11) is 1.98. The van der Waals surface area contributed by atoms with Crippen LogP contribution < -0.4 is 5.32 Å². The highest BCUT2D eigenvalue weighted by Gasteiger charge is 2.14. The van der Waals surface area contributed by atoms with E-state index in [1.165, 1.54) is 16.8 Å². The van der Waals surface area contributed by atoms with E-state index in [0.29, 0.717) is 12.0 Å². The molecular formula is C17H24ClN3. The zero-order valence-corrected chi connectivity index (χ0v) is 14.0. The van der Waals surface area contributed by atoms with Gasteiger partial charge in [0.2, 0.25) is 0 Å². The number of nitrogens with zero attached hydrogens (tertiary/aromatic N) is 2. The van der Waals surface area contributed by atoms with Crippen LogP contribution in [0.2, 0.25) is 5.02 Å². The summed E-state index contributed by atoms with van der Waals surface area (Å²) < 4.78 is 1.90. The maximum absolute atomic E-state index is 6.09. The van der Waals surface area contributed by atoms with Crippen LogP contribution in [-0.2, 0) is 13.6 Å². The normalized spacial score (nSPS) is 12.9. The van der Waals surface area contributed by atoms with Crippen LogP contribution in [0.3, 0.4) is 0 Å². The van der Waals surface area contributed by atoms with E-state index in [-0.39, 0.29) is 0 Å². The van der Waals surface area contributed by atoms with E-state index >= 15 is 0 Å². The van der Waals surface area contributed by atoms with Crippen LogP contribution in [0.15, 0.2) is 30.5 Å². The second-order valence-electron chi connectivity index (χ2n) is 5.76. The van der Waals surface area contributed by atoms with Crippen LogP contribution in [0, 0.1) is 0 Å². The van der Waals surface area contributed by atoms with Crippen molar-refractivity contribution in [1.29, 1.82) is 0 Å². The third-order valence-corrected chi connectivity index (χ3v) is 3.92. The van der Waals surface area contributed by atoms with E-state index in [9.17, 15) is 0 Å². The van der Waals surface area contributed by atoms with Gasteiger partial charge in [0.25, 0.3) is 0 Å². The van der Waals surface area contributed by atoms with Gasteiger partial charge in [0.1, 0.15) is 0 Å². The van der Waals surface area contributed by atoms with Gasteiger partial charge in [-0.05, 0) is 30.0 Å². The number of rotatable bonds is 6. The summed E-state index contributed by atoms with van der Waals surface area (Å²) in [5.41, 5.74) is 3.68. The van der Waals surface area contributed by atoms with E-state index < -0.39 is 0 Å². The molecule has 0 bridgehead atoms. The van der Waals surface area contributed by atoms with Gasteiger partial charge in [-0.3, -0.25) is 4.68 Å². The molecule has 1 atom stereocenters. The molecule has 2 aromatic rings. The first-order chi connectivity index (χ1) is 10.0. The van der Waals surface area contributed by atoms with Crippen LogP contribution in [0.4, 0.5) is 0 Å². The van der Waals surface area contributed by atoms with Gasteiger partial charge in [-0.25, -0.2) is 0 Å². The average molecular weight is 306 g/mol. The van der Waals surface area contributed by atoms with Crippen molar-refractivity contribution in [3.8, 4) is 0 Å². The lowest BCUT2D eigenvalue weighted by molar-refractivity contribution is 0.516. The summed E-state index contributed by atoms with van der Waals surface area (Å²) in [6.07, 6.45) is 3.13. The number of aromatic nitrogens is 2. The maximum atomic E-state index is 6.09. The lowest BCUT2D eigenvalue weighted by Crippen LogP contribution is -2.20. The molecule has 114 valence electrons. The van der Waals surface area contributed by atoms with Gasteiger partial charge < -0.3 is 5.32 Å². The summed E-state index contributed by atoms with van der Waals surface area (Å²) in [5, 5.41) is 8.97. The summed E-state index contributed by atoms with van der Waals surface area (Å²) in [6.45, 7) is 7.37. The first kappa shape index (κ1) is 16.1. The highest BCUT2D eigenvalue weighted by molar-refractivity contribution is 6.30. The molecule has 1 aromatic heterocycles. The van der Waals surface area contributed by atoms with Crippen LogP contribution in [-0.4, -0.2) is 9.78 Å². The molecule has 0 amide bonds. The van der Waals surface area contributed by atoms with Crippen molar-refractivity contribution in [1.82, 2.24) is 15.1 Å². The largest absolute Gasteiger partial charge is 0.306 e. The van der Waals surface area contributed by atoms with Crippen molar-refractivity contribution >= 4 is 11.6 Å². The third kappa shape index (κ3) is 4.08. The molecule has 0 fully saturated rings. The Kier molecular flexibility index (Phi) is 5.43. The van der Waals surface area contributed by atoms with Crippen molar-refractivity contribution < 1.29 is 0 Å². The number of hydrogen-bond donors (Lipinski definition) is 1. The summed E-state index contributed by atoms with van der Waals surface area (Å²) in [4.78, 5) is 0. The van der Waals surface area contributed by atoms with Crippen LogP contribution in [0.25, 0.3) is 0 Å². The van der Waals surface area contributed by atoms with Crippen molar-refractivity contribution in [2.24, 2.45) is 7.05 Å². The molecule has 0 aliphatic carbocycles. The molecule has 1 unspecified atom stereocenters. The summed E-state index contributed by atoms with van der Waals surface area (Å²) >= 11 is 6.09. The van der Waals surface area contributed by atoms with E-state index in [1.54, 1.807) is 0 Å². The lowest BCUT2D eigenvalue weighted by Gasteiger charge is -2.18. The zero-order valence-electron chi connectivity index (χ0n) is 13.2. The Morgan fingerprint density at radius 1 is 1.33 bits per heavy atom. The van der Waals surface area contributed by atoms with Gasteiger partial charge in [-0.2, -0.15) is 5.10 Å². The second-order valence-corrected chi connectivity index (χ2v) is 6.20. The van der Waals surface area contributed by atoms with Crippen molar-refractivity contribution in [3.05, 3.63) is 52.3 Å². The third-order valence-electron chi connectivity index (χ3n) is 3.68. The molecule has 3 nitrogen and oxygen atoms in total. The van der Waals surface area contributed by atoms with Crippen LogP contribution in [0.5, 0.6) is 0 Å². The Labute approximate surface area is 132 Å². The first-order valence-electron chi connectivity index (χ1n) is 7.52. The standard InChI is InChI=1S/C17H24ClN3/c1-5-16(13-7-6-8-15(18)9-13)19-10-14-11-21(4)20-17(14)12(2)3/h6-9,11-12,16,19H,5,10H2,1-4H3. The molecule has 1 heterocycles. The van der Waals surface area contributed by atoms with Gasteiger partial charge >= 0.3 is 0 Å². The quantitative estimate of drug-likeness (QED) is 0.855. The molecule has 21 heavy (non-hydrogen) atoms. The fourth-order valence-corrected chi connectivity index (χ4v) is 2.83. The second kappa shape index (κ2) is 7.10. The SMILES string of the molecule is CCC(NCc1cn(C)nc1C(C)C)c1cccc(Cl)c1. The smallest absolute Gasteiger partial charge is 0.0694 e. The molecule has 4 heteroatoms. The molecule has 0 saturated heterocycles. The predicted molar refractivity (Wildman–Crippen MR) is 88.6 cm³/mol. The van der Waals surface area contributed by atoms with Crippen molar-refractivity contribution in [3.63, 3.8) is 0 Å². The van der Waals surface area contributed by atoms with Gasteiger partial charge in [0, 0.05) is 36.4 Å². The molecule has 1 N–H and O–H groups in total. The highest BCUT2D eigenvalue weighted by atomic mass is 35.5. The maximum Gasteiger partial charge on any atom is 0.0694 e. The number of aryl methyl sites for hydroxylation is 1. The Hall–Kier alpha value is -1.32. The zero-order chi connectivity index (χ0) is 15.4. The fourth-order valence-electron chi connectivity index (χ4n) is 2.63. The molecule has 2 rings (SSSR count). The monoisotopic (exact) mass is 305 g/mol. The van der Waals surface area contributed by atoms with Crippen molar-refractivity contribution in [2.75, 3.05) is 0 Å². The number of halogens is 1. The Balaban J connectivity index is 2.10. The van der Waals surface area contributed by atoms with E-state index in [1.807, 2.05) is 29.9 Å². The number of benzene rings is 1. The Bertz CT molecular complexity index is 589. The minimum atomic E-state index is 0.309. The average Bonchev–Trinajstić information content (AvgIpc) is 2.81. The number of nitrogens with one attached hydrogen (secondary N) is 1. The Morgan fingerprint density at radius 3 is 2.71 bits per heavy atom. The van der Waals surface area contributed by atoms with Gasteiger partial charge in [-0.1, -0.05) is 44.5 Å². The summed E-state index contributed by atoms with van der Waals surface area (Å²) in [5.74, 6) is 0.439. The van der Waals surface area contributed by atoms with Crippen LogP contribution >= 0.6 is 11.6 Å². The highest BCUT2D eigenvalue weighted by Crippen LogP contribution is 2.22. The molecule has 0 aliphatic rings. The lowest BCUT2D eigenvalue weighted by atomic mass is 10.0. The minimum Gasteiger partial charge on any atom is -0.306 e. The van der Waals surface area contributed by atoms with E-state index in [4.69, 9.17) is 11.6 Å². The molecule has 0 saturated carbocycles. The topological polar surface area (TPSA) is 29.9 Å². The van der Waals surface area contributed by atoms with E-state index in [0.717, 1.165) is 18.0 Å².